The van der Waals surface area contributed by atoms with E-state index in [0.717, 1.165) is 25.7 Å². The third-order valence-electron chi connectivity index (χ3n) is 3.85. The van der Waals surface area contributed by atoms with Crippen molar-refractivity contribution in [2.75, 3.05) is 13.2 Å². The van der Waals surface area contributed by atoms with Crippen molar-refractivity contribution in [1.29, 1.82) is 0 Å². The van der Waals surface area contributed by atoms with E-state index in [1.165, 1.54) is 6.26 Å². The van der Waals surface area contributed by atoms with E-state index >= 15 is 0 Å². The number of furan rings is 1. The summed E-state index contributed by atoms with van der Waals surface area (Å²) < 4.78 is 4.96. The largest absolute Gasteiger partial charge is 0.459 e. The van der Waals surface area contributed by atoms with E-state index in [1.54, 1.807) is 12.1 Å². The molecule has 0 bridgehead atoms. The fraction of sp³-hybridized carbons (Fsp3) is 0.600. The molecule has 0 aliphatic heterocycles. The van der Waals surface area contributed by atoms with Crippen LogP contribution in [0.1, 0.15) is 42.7 Å². The Balaban J connectivity index is 1.61. The van der Waals surface area contributed by atoms with Gasteiger partial charge >= 0.3 is 0 Å². The molecule has 1 aliphatic rings. The van der Waals surface area contributed by atoms with Crippen molar-refractivity contribution in [3.63, 3.8) is 0 Å². The molecule has 1 aromatic heterocycles. The predicted octanol–water partition coefficient (Wildman–Crippen LogP) is 1.07. The lowest BCUT2D eigenvalue weighted by molar-refractivity contribution is -0.121. The van der Waals surface area contributed by atoms with Gasteiger partial charge in [0, 0.05) is 25.6 Å². The molecule has 2 amide bonds. The van der Waals surface area contributed by atoms with Crippen LogP contribution >= 0.6 is 0 Å². The Kier molecular flexibility index (Phi) is 5.80. The summed E-state index contributed by atoms with van der Waals surface area (Å²) in [5.74, 6) is 0.266. The molecule has 0 unspecified atom stereocenters. The normalized spacial score (nSPS) is 21.8. The van der Waals surface area contributed by atoms with Gasteiger partial charge in [0.05, 0.1) is 6.26 Å². The molecular formula is C15H22N2O4. The molecule has 0 saturated heterocycles. The molecule has 116 valence electrons. The smallest absolute Gasteiger partial charge is 0.286 e. The molecule has 0 spiro atoms. The predicted molar refractivity (Wildman–Crippen MR) is 76.6 cm³/mol. The highest BCUT2D eigenvalue weighted by molar-refractivity contribution is 5.91. The molecule has 0 atom stereocenters. The van der Waals surface area contributed by atoms with Gasteiger partial charge in [-0.05, 0) is 43.7 Å². The molecule has 1 aliphatic carbocycles. The Bertz CT molecular complexity index is 450. The van der Waals surface area contributed by atoms with Crippen LogP contribution < -0.4 is 10.6 Å². The fourth-order valence-electron chi connectivity index (χ4n) is 2.57. The lowest BCUT2D eigenvalue weighted by Crippen LogP contribution is -2.39. The summed E-state index contributed by atoms with van der Waals surface area (Å²) >= 11 is 0. The van der Waals surface area contributed by atoms with E-state index in [9.17, 15) is 9.59 Å². The van der Waals surface area contributed by atoms with Crippen molar-refractivity contribution >= 4 is 11.8 Å². The van der Waals surface area contributed by atoms with Crippen LogP contribution in [0.3, 0.4) is 0 Å². The molecule has 1 fully saturated rings. The van der Waals surface area contributed by atoms with E-state index in [1.807, 2.05) is 0 Å². The second-order valence-electron chi connectivity index (χ2n) is 5.45. The van der Waals surface area contributed by atoms with Crippen molar-refractivity contribution in [1.82, 2.24) is 10.6 Å². The molecule has 1 saturated carbocycles. The first kappa shape index (κ1) is 15.6. The monoisotopic (exact) mass is 294 g/mol. The van der Waals surface area contributed by atoms with Crippen LogP contribution in [0.4, 0.5) is 0 Å². The van der Waals surface area contributed by atoms with E-state index in [2.05, 4.69) is 10.6 Å². The minimum Gasteiger partial charge on any atom is -0.459 e. The van der Waals surface area contributed by atoms with Crippen LogP contribution in [0.5, 0.6) is 0 Å². The highest BCUT2D eigenvalue weighted by Crippen LogP contribution is 2.23. The van der Waals surface area contributed by atoms with Crippen LogP contribution in [-0.2, 0) is 4.79 Å². The summed E-state index contributed by atoms with van der Waals surface area (Å²) in [4.78, 5) is 23.4. The van der Waals surface area contributed by atoms with Gasteiger partial charge in [-0.2, -0.15) is 0 Å². The van der Waals surface area contributed by atoms with Crippen molar-refractivity contribution in [2.45, 2.75) is 38.1 Å². The summed E-state index contributed by atoms with van der Waals surface area (Å²) in [5, 5.41) is 14.7. The van der Waals surface area contributed by atoms with E-state index < -0.39 is 0 Å². The maximum Gasteiger partial charge on any atom is 0.286 e. The lowest BCUT2D eigenvalue weighted by atomic mass is 9.86. The molecule has 1 heterocycles. The van der Waals surface area contributed by atoms with Crippen LogP contribution in [-0.4, -0.2) is 36.1 Å². The van der Waals surface area contributed by atoms with Gasteiger partial charge in [-0.1, -0.05) is 0 Å². The summed E-state index contributed by atoms with van der Waals surface area (Å²) in [7, 11) is 0. The molecule has 1 aromatic rings. The minimum atomic E-state index is -0.309. The zero-order valence-electron chi connectivity index (χ0n) is 12.0. The van der Waals surface area contributed by atoms with Crippen LogP contribution in [0.2, 0.25) is 0 Å². The Morgan fingerprint density at radius 2 is 2.05 bits per heavy atom. The standard InChI is InChI=1S/C15H22N2O4/c18-10-11-3-5-12(6-4-11)17-14(19)7-8-16-15(20)13-2-1-9-21-13/h1-2,9,11-12,18H,3-8,10H2,(H,16,20)(H,17,19). The summed E-state index contributed by atoms with van der Waals surface area (Å²) in [5.41, 5.74) is 0. The Hall–Kier alpha value is -1.82. The Labute approximate surface area is 123 Å². The molecule has 21 heavy (non-hydrogen) atoms. The summed E-state index contributed by atoms with van der Waals surface area (Å²) in [6.07, 6.45) is 5.43. The third kappa shape index (κ3) is 4.90. The molecule has 6 nitrogen and oxygen atoms in total. The molecule has 0 radical (unpaired) electrons. The van der Waals surface area contributed by atoms with E-state index in [-0.39, 0.29) is 43.2 Å². The minimum absolute atomic E-state index is 0.0535. The van der Waals surface area contributed by atoms with Gasteiger partial charge in [0.1, 0.15) is 0 Å². The molecule has 0 aromatic carbocycles. The zero-order valence-corrected chi connectivity index (χ0v) is 12.0. The number of rotatable bonds is 6. The molecule has 2 rings (SSSR count). The number of carbonyl (C=O) groups excluding carboxylic acids is 2. The van der Waals surface area contributed by atoms with Gasteiger partial charge in [0.2, 0.25) is 5.91 Å². The quantitative estimate of drug-likeness (QED) is 0.732. The lowest BCUT2D eigenvalue weighted by Gasteiger charge is -2.27. The first-order chi connectivity index (χ1) is 10.2. The van der Waals surface area contributed by atoms with Gasteiger partial charge in [0.15, 0.2) is 5.76 Å². The number of aliphatic hydroxyl groups is 1. The Morgan fingerprint density at radius 3 is 2.67 bits per heavy atom. The Morgan fingerprint density at radius 1 is 1.29 bits per heavy atom. The van der Waals surface area contributed by atoms with Crippen LogP contribution in [0.15, 0.2) is 22.8 Å². The van der Waals surface area contributed by atoms with Crippen molar-refractivity contribution in [3.05, 3.63) is 24.2 Å². The number of hydrogen-bond acceptors (Lipinski definition) is 4. The third-order valence-corrected chi connectivity index (χ3v) is 3.85. The van der Waals surface area contributed by atoms with E-state index in [0.29, 0.717) is 5.92 Å². The van der Waals surface area contributed by atoms with Gasteiger partial charge in [-0.25, -0.2) is 0 Å². The first-order valence-electron chi connectivity index (χ1n) is 7.41. The maximum absolute atomic E-state index is 11.8. The van der Waals surface area contributed by atoms with E-state index in [4.69, 9.17) is 9.52 Å². The first-order valence-corrected chi connectivity index (χ1v) is 7.41. The van der Waals surface area contributed by atoms with Gasteiger partial charge in [0.25, 0.3) is 5.91 Å². The number of nitrogens with one attached hydrogen (secondary N) is 2. The number of hydrogen-bond donors (Lipinski definition) is 3. The highest BCUT2D eigenvalue weighted by atomic mass is 16.3. The van der Waals surface area contributed by atoms with Crippen molar-refractivity contribution in [2.24, 2.45) is 5.92 Å². The fourth-order valence-corrected chi connectivity index (χ4v) is 2.57. The van der Waals surface area contributed by atoms with Crippen molar-refractivity contribution < 1.29 is 19.1 Å². The highest BCUT2D eigenvalue weighted by Gasteiger charge is 2.21. The average Bonchev–Trinajstić information content (AvgIpc) is 3.02. The average molecular weight is 294 g/mol. The number of aliphatic hydroxyl groups excluding tert-OH is 1. The summed E-state index contributed by atoms with van der Waals surface area (Å²) in [6.45, 7) is 0.525. The number of amides is 2. The van der Waals surface area contributed by atoms with Crippen molar-refractivity contribution in [3.8, 4) is 0 Å². The van der Waals surface area contributed by atoms with Gasteiger partial charge in [-0.15, -0.1) is 0 Å². The second-order valence-corrected chi connectivity index (χ2v) is 5.45. The number of carbonyl (C=O) groups is 2. The van der Waals surface area contributed by atoms with Crippen LogP contribution in [0, 0.1) is 5.92 Å². The molecular weight excluding hydrogens is 272 g/mol. The summed E-state index contributed by atoms with van der Waals surface area (Å²) in [6, 6.07) is 3.42. The topological polar surface area (TPSA) is 91.6 Å². The SMILES string of the molecule is O=C(CCNC(=O)c1ccco1)NC1CCC(CO)CC1. The zero-order chi connectivity index (χ0) is 15.1. The van der Waals surface area contributed by atoms with Crippen LogP contribution in [0.25, 0.3) is 0 Å². The second kappa shape index (κ2) is 7.83. The molecule has 3 N–H and O–H groups in total. The van der Waals surface area contributed by atoms with Gasteiger partial charge in [-0.3, -0.25) is 9.59 Å². The maximum atomic E-state index is 11.8. The molecule has 6 heteroatoms. The van der Waals surface area contributed by atoms with Gasteiger partial charge < -0.3 is 20.2 Å².